The summed E-state index contributed by atoms with van der Waals surface area (Å²) in [5, 5.41) is 9.12. The first-order chi connectivity index (χ1) is 10.1. The van der Waals surface area contributed by atoms with Crippen molar-refractivity contribution >= 4 is 12.1 Å². The molecule has 0 bridgehead atoms. The van der Waals surface area contributed by atoms with Crippen LogP contribution in [0, 0.1) is 5.92 Å². The molecule has 0 saturated carbocycles. The third kappa shape index (κ3) is 4.19. The molecule has 6 nitrogen and oxygen atoms in total. The molecule has 2 atom stereocenters. The van der Waals surface area contributed by atoms with Gasteiger partial charge in [-0.25, -0.2) is 4.79 Å². The molecular formula is C15H19NO5. The molecule has 1 N–H and O–H groups in total. The van der Waals surface area contributed by atoms with E-state index in [2.05, 4.69) is 0 Å². The maximum Gasteiger partial charge on any atom is 0.410 e. The Labute approximate surface area is 123 Å². The van der Waals surface area contributed by atoms with Gasteiger partial charge in [-0.1, -0.05) is 30.3 Å². The van der Waals surface area contributed by atoms with E-state index >= 15 is 0 Å². The number of methoxy groups -OCH3 is 1. The highest BCUT2D eigenvalue weighted by atomic mass is 16.6. The smallest absolute Gasteiger partial charge is 0.410 e. The maximum atomic E-state index is 12.1. The van der Waals surface area contributed by atoms with Gasteiger partial charge in [0, 0.05) is 13.7 Å². The summed E-state index contributed by atoms with van der Waals surface area (Å²) in [6, 6.07) is 9.34. The molecule has 0 unspecified atom stereocenters. The van der Waals surface area contributed by atoms with Gasteiger partial charge in [-0.15, -0.1) is 0 Å². The summed E-state index contributed by atoms with van der Waals surface area (Å²) in [5.74, 6) is -1.54. The first-order valence-electron chi connectivity index (χ1n) is 6.81. The number of nitrogens with zero attached hydrogens (tertiary/aromatic N) is 1. The van der Waals surface area contributed by atoms with E-state index in [1.54, 1.807) is 0 Å². The summed E-state index contributed by atoms with van der Waals surface area (Å²) >= 11 is 0. The number of benzene rings is 1. The summed E-state index contributed by atoms with van der Waals surface area (Å²) in [4.78, 5) is 24.6. The van der Waals surface area contributed by atoms with Crippen molar-refractivity contribution < 1.29 is 24.2 Å². The normalized spacial score (nSPS) is 21.9. The average molecular weight is 293 g/mol. The lowest BCUT2D eigenvalue weighted by Gasteiger charge is -2.34. The van der Waals surface area contributed by atoms with Crippen LogP contribution in [0.25, 0.3) is 0 Å². The molecule has 1 heterocycles. The van der Waals surface area contributed by atoms with Crippen LogP contribution in [0.1, 0.15) is 12.0 Å². The molecule has 1 aliphatic heterocycles. The van der Waals surface area contributed by atoms with Crippen LogP contribution >= 0.6 is 0 Å². The third-order valence-electron chi connectivity index (χ3n) is 3.56. The number of rotatable bonds is 4. The predicted molar refractivity (Wildman–Crippen MR) is 74.7 cm³/mol. The van der Waals surface area contributed by atoms with Crippen molar-refractivity contribution in [3.05, 3.63) is 35.9 Å². The summed E-state index contributed by atoms with van der Waals surface area (Å²) in [7, 11) is 1.52. The van der Waals surface area contributed by atoms with Crippen molar-refractivity contribution in [2.75, 3.05) is 20.2 Å². The number of likely N-dealkylation sites (tertiary alicyclic amines) is 1. The van der Waals surface area contributed by atoms with E-state index in [9.17, 15) is 9.59 Å². The molecule has 0 spiro atoms. The molecule has 21 heavy (non-hydrogen) atoms. The van der Waals surface area contributed by atoms with Gasteiger partial charge in [0.2, 0.25) is 0 Å². The first-order valence-corrected chi connectivity index (χ1v) is 6.81. The molecule has 6 heteroatoms. The fraction of sp³-hybridized carbons (Fsp3) is 0.467. The van der Waals surface area contributed by atoms with Crippen LogP contribution in [-0.4, -0.2) is 48.4 Å². The Morgan fingerprint density at radius 2 is 2.00 bits per heavy atom. The molecule has 1 amide bonds. The molecule has 1 aromatic carbocycles. The van der Waals surface area contributed by atoms with Crippen LogP contribution in [0.3, 0.4) is 0 Å². The third-order valence-corrected chi connectivity index (χ3v) is 3.56. The van der Waals surface area contributed by atoms with Crippen LogP contribution in [0.5, 0.6) is 0 Å². The minimum atomic E-state index is -0.919. The van der Waals surface area contributed by atoms with E-state index in [1.165, 1.54) is 12.0 Å². The van der Waals surface area contributed by atoms with Crippen LogP contribution < -0.4 is 0 Å². The van der Waals surface area contributed by atoms with Crippen molar-refractivity contribution in [3.8, 4) is 0 Å². The van der Waals surface area contributed by atoms with Crippen molar-refractivity contribution in [2.45, 2.75) is 19.1 Å². The minimum absolute atomic E-state index is 0.156. The summed E-state index contributed by atoms with van der Waals surface area (Å²) in [6.07, 6.45) is -0.370. The molecule has 1 aromatic rings. The lowest BCUT2D eigenvalue weighted by Crippen LogP contribution is -2.49. The van der Waals surface area contributed by atoms with E-state index in [-0.39, 0.29) is 19.3 Å². The van der Waals surface area contributed by atoms with Gasteiger partial charge < -0.3 is 19.5 Å². The molecule has 114 valence electrons. The Morgan fingerprint density at radius 3 is 2.62 bits per heavy atom. The summed E-state index contributed by atoms with van der Waals surface area (Å²) in [6.45, 7) is 0.683. The van der Waals surface area contributed by atoms with Crippen molar-refractivity contribution in [2.24, 2.45) is 5.92 Å². The topological polar surface area (TPSA) is 76.1 Å². The SMILES string of the molecule is CO[C@@H]1C[C@H](C(=O)O)CN(C(=O)OCc2ccccc2)C1. The van der Waals surface area contributed by atoms with Gasteiger partial charge in [0.05, 0.1) is 18.6 Å². The average Bonchev–Trinajstić information content (AvgIpc) is 2.53. The zero-order valence-corrected chi connectivity index (χ0v) is 11.9. The zero-order valence-electron chi connectivity index (χ0n) is 11.9. The Morgan fingerprint density at radius 1 is 1.29 bits per heavy atom. The fourth-order valence-electron chi connectivity index (χ4n) is 2.36. The van der Waals surface area contributed by atoms with E-state index in [1.807, 2.05) is 30.3 Å². The maximum absolute atomic E-state index is 12.1. The molecule has 0 aliphatic carbocycles. The van der Waals surface area contributed by atoms with Crippen molar-refractivity contribution in [3.63, 3.8) is 0 Å². The Bertz CT molecular complexity index is 490. The lowest BCUT2D eigenvalue weighted by molar-refractivity contribution is -0.145. The number of hydrogen-bond acceptors (Lipinski definition) is 4. The van der Waals surface area contributed by atoms with E-state index in [0.29, 0.717) is 13.0 Å². The van der Waals surface area contributed by atoms with E-state index < -0.39 is 18.0 Å². The molecule has 0 aromatic heterocycles. The predicted octanol–water partition coefficient (Wildman–Crippen LogP) is 1.74. The van der Waals surface area contributed by atoms with Gasteiger partial charge in [-0.3, -0.25) is 4.79 Å². The fourth-order valence-corrected chi connectivity index (χ4v) is 2.36. The van der Waals surface area contributed by atoms with Gasteiger partial charge in [0.1, 0.15) is 6.61 Å². The lowest BCUT2D eigenvalue weighted by atomic mass is 9.96. The van der Waals surface area contributed by atoms with E-state index in [4.69, 9.17) is 14.6 Å². The number of carboxylic acids is 1. The van der Waals surface area contributed by atoms with Crippen LogP contribution in [0.15, 0.2) is 30.3 Å². The molecule has 1 fully saturated rings. The second kappa shape index (κ2) is 7.08. The van der Waals surface area contributed by atoms with Crippen LogP contribution in [-0.2, 0) is 20.9 Å². The molecule has 1 aliphatic rings. The summed E-state index contributed by atoms with van der Waals surface area (Å²) in [5.41, 5.74) is 0.890. The van der Waals surface area contributed by atoms with Crippen molar-refractivity contribution in [1.82, 2.24) is 4.90 Å². The molecule has 2 rings (SSSR count). The number of carbonyl (C=O) groups excluding carboxylic acids is 1. The number of ether oxygens (including phenoxy) is 2. The van der Waals surface area contributed by atoms with Crippen molar-refractivity contribution in [1.29, 1.82) is 0 Å². The molecule has 1 saturated heterocycles. The number of amides is 1. The quantitative estimate of drug-likeness (QED) is 0.915. The van der Waals surface area contributed by atoms with E-state index in [0.717, 1.165) is 5.56 Å². The Balaban J connectivity index is 1.92. The van der Waals surface area contributed by atoms with Crippen LogP contribution in [0.2, 0.25) is 0 Å². The Hall–Kier alpha value is -2.08. The number of aliphatic carboxylic acids is 1. The highest BCUT2D eigenvalue weighted by molar-refractivity contribution is 5.73. The monoisotopic (exact) mass is 293 g/mol. The first kappa shape index (κ1) is 15.3. The minimum Gasteiger partial charge on any atom is -0.481 e. The number of piperidine rings is 1. The van der Waals surface area contributed by atoms with Gasteiger partial charge in [0.25, 0.3) is 0 Å². The molecular weight excluding hydrogens is 274 g/mol. The van der Waals surface area contributed by atoms with Crippen LogP contribution in [0.4, 0.5) is 4.79 Å². The van der Waals surface area contributed by atoms with Gasteiger partial charge in [-0.05, 0) is 12.0 Å². The van der Waals surface area contributed by atoms with Gasteiger partial charge >= 0.3 is 12.1 Å². The highest BCUT2D eigenvalue weighted by Crippen LogP contribution is 2.20. The second-order valence-electron chi connectivity index (χ2n) is 5.07. The standard InChI is InChI=1S/C15H19NO5/c1-20-13-7-12(14(17)18)8-16(9-13)15(19)21-10-11-5-3-2-4-6-11/h2-6,12-13H,7-10H2,1H3,(H,17,18)/t12-,13+/m0/s1. The van der Waals surface area contributed by atoms with Gasteiger partial charge in [-0.2, -0.15) is 0 Å². The molecule has 0 radical (unpaired) electrons. The second-order valence-corrected chi connectivity index (χ2v) is 5.07. The number of hydrogen-bond donors (Lipinski definition) is 1. The number of carbonyl (C=O) groups is 2. The Kier molecular flexibility index (Phi) is 5.16. The summed E-state index contributed by atoms with van der Waals surface area (Å²) < 4.78 is 10.4. The largest absolute Gasteiger partial charge is 0.481 e. The highest BCUT2D eigenvalue weighted by Gasteiger charge is 2.34. The van der Waals surface area contributed by atoms with Gasteiger partial charge in [0.15, 0.2) is 0 Å². The zero-order chi connectivity index (χ0) is 15.2. The number of carboxylic acid groups (broad SMARTS) is 1.